The highest BCUT2D eigenvalue weighted by molar-refractivity contribution is 6.29. The zero-order valence-electron chi connectivity index (χ0n) is 7.79. The van der Waals surface area contributed by atoms with Gasteiger partial charge in [0, 0.05) is 13.6 Å². The van der Waals surface area contributed by atoms with Crippen molar-refractivity contribution in [2.24, 2.45) is 0 Å². The zero-order chi connectivity index (χ0) is 9.84. The predicted molar refractivity (Wildman–Crippen MR) is 55.1 cm³/mol. The predicted octanol–water partition coefficient (Wildman–Crippen LogP) is 2.14. The maximum atomic E-state index is 5.70. The van der Waals surface area contributed by atoms with Crippen molar-refractivity contribution in [2.45, 2.75) is 6.92 Å². The van der Waals surface area contributed by atoms with Gasteiger partial charge in [0.15, 0.2) is 0 Å². The molecule has 1 heterocycles. The molecular formula is C9H12ClN3. The van der Waals surface area contributed by atoms with E-state index >= 15 is 0 Å². The minimum Gasteiger partial charge on any atom is -0.354 e. The van der Waals surface area contributed by atoms with E-state index in [2.05, 4.69) is 16.5 Å². The molecule has 0 aliphatic rings. The second-order valence-electron chi connectivity index (χ2n) is 3.01. The van der Waals surface area contributed by atoms with Gasteiger partial charge in [-0.3, -0.25) is 4.98 Å². The molecule has 0 aliphatic heterocycles. The van der Waals surface area contributed by atoms with Crippen molar-refractivity contribution < 1.29 is 0 Å². The summed E-state index contributed by atoms with van der Waals surface area (Å²) < 4.78 is 0. The highest BCUT2D eigenvalue weighted by Gasteiger charge is 2.02. The summed E-state index contributed by atoms with van der Waals surface area (Å²) in [5.74, 6) is 0.760. The molecule has 0 aliphatic carbocycles. The van der Waals surface area contributed by atoms with Crippen LogP contribution >= 0.6 is 11.6 Å². The van der Waals surface area contributed by atoms with Crippen LogP contribution in [0.1, 0.15) is 6.92 Å². The summed E-state index contributed by atoms with van der Waals surface area (Å²) in [6, 6.07) is 0. The monoisotopic (exact) mass is 197 g/mol. The van der Waals surface area contributed by atoms with Crippen molar-refractivity contribution in [3.63, 3.8) is 0 Å². The van der Waals surface area contributed by atoms with Crippen molar-refractivity contribution in [2.75, 3.05) is 18.5 Å². The van der Waals surface area contributed by atoms with Crippen LogP contribution in [0.4, 0.5) is 5.82 Å². The Bertz CT molecular complexity index is 311. The van der Waals surface area contributed by atoms with Crippen molar-refractivity contribution >= 4 is 17.4 Å². The Balaban J connectivity index is 2.76. The lowest BCUT2D eigenvalue weighted by Crippen LogP contribution is -2.20. The molecule has 4 heteroatoms. The Morgan fingerprint density at radius 2 is 2.31 bits per heavy atom. The first-order valence-electron chi connectivity index (χ1n) is 3.92. The maximum Gasteiger partial charge on any atom is 0.149 e. The first-order valence-corrected chi connectivity index (χ1v) is 4.30. The van der Waals surface area contributed by atoms with Crippen molar-refractivity contribution in [3.8, 4) is 0 Å². The number of likely N-dealkylation sites (N-methyl/N-ethyl adjacent to an activating group) is 1. The van der Waals surface area contributed by atoms with Gasteiger partial charge in [0.2, 0.25) is 0 Å². The minimum absolute atomic E-state index is 0.408. The van der Waals surface area contributed by atoms with E-state index < -0.39 is 0 Å². The topological polar surface area (TPSA) is 29.0 Å². The fourth-order valence-corrected chi connectivity index (χ4v) is 1.15. The van der Waals surface area contributed by atoms with Gasteiger partial charge >= 0.3 is 0 Å². The van der Waals surface area contributed by atoms with Crippen LogP contribution in [-0.4, -0.2) is 23.6 Å². The molecule has 0 spiro atoms. The summed E-state index contributed by atoms with van der Waals surface area (Å²) in [4.78, 5) is 10.0. The van der Waals surface area contributed by atoms with Crippen LogP contribution < -0.4 is 4.90 Å². The molecule has 0 aromatic carbocycles. The van der Waals surface area contributed by atoms with Gasteiger partial charge in [0.1, 0.15) is 11.0 Å². The van der Waals surface area contributed by atoms with Crippen LogP contribution in [0.2, 0.25) is 5.15 Å². The number of anilines is 1. The molecule has 1 rings (SSSR count). The maximum absolute atomic E-state index is 5.70. The number of nitrogens with zero attached hydrogens (tertiary/aromatic N) is 3. The first-order chi connectivity index (χ1) is 6.09. The number of aromatic nitrogens is 2. The Morgan fingerprint density at radius 1 is 1.62 bits per heavy atom. The largest absolute Gasteiger partial charge is 0.354 e. The molecule has 70 valence electrons. The van der Waals surface area contributed by atoms with E-state index in [0.717, 1.165) is 17.9 Å². The lowest BCUT2D eigenvalue weighted by molar-refractivity contribution is 0.943. The Labute approximate surface area is 83.1 Å². The number of rotatable bonds is 3. The van der Waals surface area contributed by atoms with Crippen molar-refractivity contribution in [1.29, 1.82) is 0 Å². The van der Waals surface area contributed by atoms with Gasteiger partial charge < -0.3 is 4.90 Å². The fraction of sp³-hybridized carbons (Fsp3) is 0.333. The van der Waals surface area contributed by atoms with Gasteiger partial charge in [-0.15, -0.1) is 0 Å². The van der Waals surface area contributed by atoms with Crippen LogP contribution in [0.15, 0.2) is 24.5 Å². The van der Waals surface area contributed by atoms with E-state index in [1.807, 2.05) is 18.9 Å². The quantitative estimate of drug-likeness (QED) is 0.696. The molecule has 13 heavy (non-hydrogen) atoms. The highest BCUT2D eigenvalue weighted by Crippen LogP contribution is 2.11. The summed E-state index contributed by atoms with van der Waals surface area (Å²) in [7, 11) is 1.93. The van der Waals surface area contributed by atoms with Crippen molar-refractivity contribution in [3.05, 3.63) is 29.7 Å². The molecule has 1 aromatic rings. The van der Waals surface area contributed by atoms with Crippen molar-refractivity contribution in [1.82, 2.24) is 9.97 Å². The second-order valence-corrected chi connectivity index (χ2v) is 3.40. The van der Waals surface area contributed by atoms with E-state index in [4.69, 9.17) is 11.6 Å². The number of hydrogen-bond acceptors (Lipinski definition) is 3. The summed E-state index contributed by atoms with van der Waals surface area (Å²) in [6.07, 6.45) is 3.19. The average molecular weight is 198 g/mol. The van der Waals surface area contributed by atoms with Gasteiger partial charge in [-0.2, -0.15) is 0 Å². The minimum atomic E-state index is 0.408. The lowest BCUT2D eigenvalue weighted by Gasteiger charge is -2.17. The smallest absolute Gasteiger partial charge is 0.149 e. The lowest BCUT2D eigenvalue weighted by atomic mass is 10.3. The normalized spacial score (nSPS) is 9.77. The molecule has 0 unspecified atom stereocenters. The molecule has 0 saturated carbocycles. The van der Waals surface area contributed by atoms with E-state index in [9.17, 15) is 0 Å². The molecular weight excluding hydrogens is 186 g/mol. The van der Waals surface area contributed by atoms with Gasteiger partial charge in [0.05, 0.1) is 12.4 Å². The van der Waals surface area contributed by atoms with Crippen LogP contribution in [0.3, 0.4) is 0 Å². The average Bonchev–Trinajstić information content (AvgIpc) is 2.03. The number of halogens is 1. The van der Waals surface area contributed by atoms with E-state index in [-0.39, 0.29) is 0 Å². The van der Waals surface area contributed by atoms with Crippen LogP contribution in [0.25, 0.3) is 0 Å². The molecule has 0 radical (unpaired) electrons. The third-order valence-corrected chi connectivity index (χ3v) is 1.67. The molecule has 0 N–H and O–H groups in total. The third kappa shape index (κ3) is 3.03. The Morgan fingerprint density at radius 3 is 2.85 bits per heavy atom. The van der Waals surface area contributed by atoms with Gasteiger partial charge in [-0.05, 0) is 6.92 Å². The Hall–Kier alpha value is -1.09. The SMILES string of the molecule is C=C(C)CN(C)c1cncc(Cl)n1. The van der Waals surface area contributed by atoms with E-state index in [0.29, 0.717) is 5.15 Å². The zero-order valence-corrected chi connectivity index (χ0v) is 8.54. The Kier molecular flexibility index (Phi) is 3.25. The van der Waals surface area contributed by atoms with Crippen LogP contribution in [0, 0.1) is 0 Å². The van der Waals surface area contributed by atoms with Gasteiger partial charge in [-0.1, -0.05) is 23.8 Å². The van der Waals surface area contributed by atoms with Gasteiger partial charge in [-0.25, -0.2) is 4.98 Å². The van der Waals surface area contributed by atoms with Crippen LogP contribution in [-0.2, 0) is 0 Å². The van der Waals surface area contributed by atoms with E-state index in [1.165, 1.54) is 6.20 Å². The molecule has 0 bridgehead atoms. The first kappa shape index (κ1) is 9.99. The molecule has 1 aromatic heterocycles. The molecule has 0 amide bonds. The standard InChI is InChI=1S/C9H12ClN3/c1-7(2)6-13(3)9-5-11-4-8(10)12-9/h4-5H,1,6H2,2-3H3. The molecule has 0 fully saturated rings. The summed E-state index contributed by atoms with van der Waals surface area (Å²) in [5.41, 5.74) is 1.07. The fourth-order valence-electron chi connectivity index (χ4n) is 1.00. The summed E-state index contributed by atoms with van der Waals surface area (Å²) >= 11 is 5.70. The molecule has 0 atom stereocenters. The number of hydrogen-bond donors (Lipinski definition) is 0. The third-order valence-electron chi connectivity index (χ3n) is 1.49. The highest BCUT2D eigenvalue weighted by atomic mass is 35.5. The van der Waals surface area contributed by atoms with Crippen LogP contribution in [0.5, 0.6) is 0 Å². The molecule has 0 saturated heterocycles. The summed E-state index contributed by atoms with van der Waals surface area (Å²) in [6.45, 7) is 6.55. The molecule has 3 nitrogen and oxygen atoms in total. The summed E-state index contributed by atoms with van der Waals surface area (Å²) in [5, 5.41) is 0.408. The van der Waals surface area contributed by atoms with Gasteiger partial charge in [0.25, 0.3) is 0 Å². The van der Waals surface area contributed by atoms with E-state index in [1.54, 1.807) is 6.20 Å². The second kappa shape index (κ2) is 4.23.